The lowest BCUT2D eigenvalue weighted by atomic mass is 9.89. The van der Waals surface area contributed by atoms with Crippen LogP contribution in [0.25, 0.3) is 0 Å². The Morgan fingerprint density at radius 1 is 0.667 bits per heavy atom. The van der Waals surface area contributed by atoms with E-state index < -0.39 is 0 Å². The van der Waals surface area contributed by atoms with Gasteiger partial charge in [-0.05, 0) is 30.1 Å². The van der Waals surface area contributed by atoms with Crippen LogP contribution in [0, 0.1) is 17.3 Å². The maximum absolute atomic E-state index is 2.36. The summed E-state index contributed by atoms with van der Waals surface area (Å²) >= 11 is 0. The molecule has 0 heteroatoms. The fourth-order valence-corrected chi connectivity index (χ4v) is 3.62. The lowest BCUT2D eigenvalue weighted by molar-refractivity contribution is 0.356. The minimum atomic E-state index is 0.540. The Labute approximate surface area is 135 Å². The van der Waals surface area contributed by atoms with Gasteiger partial charge in [-0.2, -0.15) is 0 Å². The molecule has 0 amide bonds. The lowest BCUT2D eigenvalue weighted by Gasteiger charge is -2.17. The van der Waals surface area contributed by atoms with Gasteiger partial charge in [0.2, 0.25) is 0 Å². The molecule has 0 heterocycles. The molecule has 0 bridgehead atoms. The highest BCUT2D eigenvalue weighted by Crippen LogP contribution is 2.45. The zero-order valence-electron chi connectivity index (χ0n) is 15.6. The van der Waals surface area contributed by atoms with Gasteiger partial charge in [-0.25, -0.2) is 0 Å². The fourth-order valence-electron chi connectivity index (χ4n) is 3.62. The summed E-state index contributed by atoms with van der Waals surface area (Å²) in [5.74, 6) is 2.26. The second-order valence-corrected chi connectivity index (χ2v) is 8.83. The van der Waals surface area contributed by atoms with Crippen LogP contribution in [-0.4, -0.2) is 0 Å². The van der Waals surface area contributed by atoms with Crippen LogP contribution in [0.5, 0.6) is 0 Å². The van der Waals surface area contributed by atoms with Gasteiger partial charge in [-0.1, -0.05) is 105 Å². The van der Waals surface area contributed by atoms with Crippen LogP contribution in [0.1, 0.15) is 118 Å². The smallest absolute Gasteiger partial charge is 0.0383 e. The molecule has 0 aromatic carbocycles. The maximum Gasteiger partial charge on any atom is -0.0383 e. The summed E-state index contributed by atoms with van der Waals surface area (Å²) in [5.41, 5.74) is 0.540. The predicted octanol–water partition coefficient (Wildman–Crippen LogP) is 7.76. The molecule has 126 valence electrons. The summed E-state index contributed by atoms with van der Waals surface area (Å²) in [6, 6.07) is 0. The van der Waals surface area contributed by atoms with Crippen LogP contribution < -0.4 is 0 Å². The number of hydrogen-bond donors (Lipinski definition) is 0. The molecule has 0 nitrogen and oxygen atoms in total. The molecule has 0 N–H and O–H groups in total. The molecule has 1 rings (SSSR count). The van der Waals surface area contributed by atoms with E-state index in [-0.39, 0.29) is 0 Å². The average Bonchev–Trinajstić information content (AvgIpc) is 3.15. The third-order valence-electron chi connectivity index (χ3n) is 5.25. The van der Waals surface area contributed by atoms with Crippen LogP contribution >= 0.6 is 0 Å². The van der Waals surface area contributed by atoms with Crippen LogP contribution in [-0.2, 0) is 0 Å². The average molecular weight is 295 g/mol. The van der Waals surface area contributed by atoms with E-state index in [1.165, 1.54) is 77.0 Å². The van der Waals surface area contributed by atoms with Crippen LogP contribution in [0.3, 0.4) is 0 Å². The van der Waals surface area contributed by atoms with Crippen molar-refractivity contribution in [2.24, 2.45) is 17.3 Å². The monoisotopic (exact) mass is 294 g/mol. The first-order valence-electron chi connectivity index (χ1n) is 10.0. The molecule has 0 radical (unpaired) electrons. The molecule has 0 aromatic rings. The van der Waals surface area contributed by atoms with E-state index in [1.807, 2.05) is 0 Å². The van der Waals surface area contributed by atoms with Crippen molar-refractivity contribution < 1.29 is 0 Å². The summed E-state index contributed by atoms with van der Waals surface area (Å²) in [7, 11) is 0. The van der Waals surface area contributed by atoms with E-state index in [0.29, 0.717) is 5.41 Å². The fraction of sp³-hybridized carbons (Fsp3) is 1.00. The zero-order chi connectivity index (χ0) is 15.6. The first kappa shape index (κ1) is 19.0. The first-order chi connectivity index (χ1) is 10.0. The normalized spacial score (nSPS) is 21.7. The third-order valence-corrected chi connectivity index (χ3v) is 5.25. The van der Waals surface area contributed by atoms with E-state index in [2.05, 4.69) is 27.7 Å². The Balaban J connectivity index is 1.78. The molecule has 0 saturated heterocycles. The molecule has 1 aliphatic rings. The van der Waals surface area contributed by atoms with Crippen LogP contribution in [0.2, 0.25) is 0 Å². The maximum atomic E-state index is 2.36. The van der Waals surface area contributed by atoms with Crippen molar-refractivity contribution in [3.8, 4) is 0 Å². The highest BCUT2D eigenvalue weighted by atomic mass is 14.4. The van der Waals surface area contributed by atoms with Crippen molar-refractivity contribution in [3.63, 3.8) is 0 Å². The van der Waals surface area contributed by atoms with Crippen molar-refractivity contribution in [1.29, 1.82) is 0 Å². The van der Waals surface area contributed by atoms with E-state index >= 15 is 0 Å². The summed E-state index contributed by atoms with van der Waals surface area (Å²) in [5, 5.41) is 0. The number of rotatable bonds is 13. The molecule has 0 spiro atoms. The minimum absolute atomic E-state index is 0.540. The second-order valence-electron chi connectivity index (χ2n) is 8.83. The first-order valence-corrected chi connectivity index (χ1v) is 10.0. The van der Waals surface area contributed by atoms with Gasteiger partial charge in [0.25, 0.3) is 0 Å². The topological polar surface area (TPSA) is 0 Å². The lowest BCUT2D eigenvalue weighted by Crippen LogP contribution is -2.03. The Morgan fingerprint density at radius 2 is 1.14 bits per heavy atom. The van der Waals surface area contributed by atoms with E-state index in [9.17, 15) is 0 Å². The van der Waals surface area contributed by atoms with Gasteiger partial charge in [0, 0.05) is 0 Å². The Kier molecular flexibility index (Phi) is 9.69. The summed E-state index contributed by atoms with van der Waals surface area (Å²) in [4.78, 5) is 0. The van der Waals surface area contributed by atoms with Crippen LogP contribution in [0.15, 0.2) is 0 Å². The van der Waals surface area contributed by atoms with Gasteiger partial charge in [-0.15, -0.1) is 0 Å². The molecule has 1 fully saturated rings. The molecule has 21 heavy (non-hydrogen) atoms. The molecule has 0 aromatic heterocycles. The van der Waals surface area contributed by atoms with Gasteiger partial charge in [0.1, 0.15) is 0 Å². The van der Waals surface area contributed by atoms with Gasteiger partial charge < -0.3 is 0 Å². The summed E-state index contributed by atoms with van der Waals surface area (Å²) in [6.07, 6.45) is 20.7. The molecule has 2 unspecified atom stereocenters. The Hall–Kier alpha value is 0. The molecular weight excluding hydrogens is 252 g/mol. The molecule has 1 aliphatic carbocycles. The summed E-state index contributed by atoms with van der Waals surface area (Å²) < 4.78 is 0. The van der Waals surface area contributed by atoms with Crippen molar-refractivity contribution in [2.45, 2.75) is 118 Å². The van der Waals surface area contributed by atoms with Crippen LogP contribution in [0.4, 0.5) is 0 Å². The quantitative estimate of drug-likeness (QED) is 0.304. The number of unbranched alkanes of at least 4 members (excludes halogenated alkanes) is 8. The van der Waals surface area contributed by atoms with Crippen molar-refractivity contribution in [3.05, 3.63) is 0 Å². The van der Waals surface area contributed by atoms with Gasteiger partial charge >= 0.3 is 0 Å². The Bertz CT molecular complexity index is 235. The molecule has 0 aliphatic heterocycles. The minimum Gasteiger partial charge on any atom is -0.0654 e. The van der Waals surface area contributed by atoms with Crippen molar-refractivity contribution in [2.75, 3.05) is 0 Å². The zero-order valence-corrected chi connectivity index (χ0v) is 15.6. The summed E-state index contributed by atoms with van der Waals surface area (Å²) in [6.45, 7) is 9.40. The van der Waals surface area contributed by atoms with Gasteiger partial charge in [-0.3, -0.25) is 0 Å². The SMILES string of the molecule is CCCCCCC1CC1CCCCCCCCC(C)(C)C. The Morgan fingerprint density at radius 3 is 1.67 bits per heavy atom. The molecule has 1 saturated carbocycles. The van der Waals surface area contributed by atoms with E-state index in [4.69, 9.17) is 0 Å². The van der Waals surface area contributed by atoms with Crippen molar-refractivity contribution >= 4 is 0 Å². The molecular formula is C21H42. The van der Waals surface area contributed by atoms with Crippen molar-refractivity contribution in [1.82, 2.24) is 0 Å². The van der Waals surface area contributed by atoms with E-state index in [0.717, 1.165) is 11.8 Å². The predicted molar refractivity (Wildman–Crippen MR) is 96.7 cm³/mol. The highest BCUT2D eigenvalue weighted by molar-refractivity contribution is 4.85. The van der Waals surface area contributed by atoms with E-state index in [1.54, 1.807) is 12.8 Å². The third kappa shape index (κ3) is 11.2. The highest BCUT2D eigenvalue weighted by Gasteiger charge is 2.34. The standard InChI is InChI=1S/C21H42/c1-5-6-7-12-15-19-18-20(19)16-13-10-8-9-11-14-17-21(2,3)4/h19-20H,5-18H2,1-4H3. The van der Waals surface area contributed by atoms with Gasteiger partial charge in [0.05, 0.1) is 0 Å². The second kappa shape index (κ2) is 10.7. The largest absolute Gasteiger partial charge is 0.0654 e. The molecule has 2 atom stereocenters. The number of hydrogen-bond acceptors (Lipinski definition) is 0. The van der Waals surface area contributed by atoms with Gasteiger partial charge in [0.15, 0.2) is 0 Å².